The van der Waals surface area contributed by atoms with Crippen molar-refractivity contribution in [3.8, 4) is 0 Å². The maximum Gasteiger partial charge on any atom is 0.105 e. The normalized spacial score (nSPS) is 13.3. The van der Waals surface area contributed by atoms with Gasteiger partial charge in [-0.05, 0) is 6.92 Å². The molecule has 4 heteroatoms. The Labute approximate surface area is 84.3 Å². The molecule has 78 valence electrons. The molecule has 0 fully saturated rings. The minimum atomic E-state index is -0.120. The van der Waals surface area contributed by atoms with Gasteiger partial charge < -0.3 is 9.77 Å². The zero-order chi connectivity index (χ0) is 10.8. The largest absolute Gasteiger partial charge is 0.411 e. The predicted molar refractivity (Wildman–Crippen MR) is 55.6 cm³/mol. The monoisotopic (exact) mass is 195 g/mol. The molecule has 0 aliphatic heterocycles. The average molecular weight is 195 g/mol. The van der Waals surface area contributed by atoms with Gasteiger partial charge in [-0.1, -0.05) is 25.9 Å². The van der Waals surface area contributed by atoms with Crippen molar-refractivity contribution in [3.05, 3.63) is 18.2 Å². The molecule has 14 heavy (non-hydrogen) atoms. The molecule has 0 atom stereocenters. The molecule has 0 aliphatic rings. The van der Waals surface area contributed by atoms with Crippen LogP contribution in [0.15, 0.2) is 17.5 Å². The highest BCUT2D eigenvalue weighted by Gasteiger charge is 2.20. The Kier molecular flexibility index (Phi) is 2.93. The molecule has 1 aromatic rings. The van der Waals surface area contributed by atoms with Gasteiger partial charge in [0, 0.05) is 17.8 Å². The molecule has 0 aliphatic carbocycles. The standard InChI is InChI=1S/C10H17N3O/c1-8-11-5-6-13(8)7-9(12-14)10(2,3)4/h5-6,14H,7H2,1-4H3/b12-9-. The predicted octanol–water partition coefficient (Wildman–Crippen LogP) is 2.07. The van der Waals surface area contributed by atoms with Crippen molar-refractivity contribution >= 4 is 5.71 Å². The number of aromatic nitrogens is 2. The quantitative estimate of drug-likeness (QED) is 0.446. The van der Waals surface area contributed by atoms with E-state index in [1.54, 1.807) is 6.20 Å². The van der Waals surface area contributed by atoms with Gasteiger partial charge >= 0.3 is 0 Å². The number of hydrogen-bond acceptors (Lipinski definition) is 3. The molecule has 0 saturated carbocycles. The molecule has 0 unspecified atom stereocenters. The molecule has 0 radical (unpaired) electrons. The fourth-order valence-corrected chi connectivity index (χ4v) is 1.15. The van der Waals surface area contributed by atoms with Crippen LogP contribution in [0.25, 0.3) is 0 Å². The second-order valence-electron chi connectivity index (χ2n) is 4.40. The maximum absolute atomic E-state index is 8.91. The van der Waals surface area contributed by atoms with Gasteiger partial charge in [0.2, 0.25) is 0 Å². The number of hydrogen-bond donors (Lipinski definition) is 1. The average Bonchev–Trinajstić information content (AvgIpc) is 2.45. The Morgan fingerprint density at radius 2 is 2.21 bits per heavy atom. The highest BCUT2D eigenvalue weighted by Crippen LogP contribution is 2.17. The summed E-state index contributed by atoms with van der Waals surface area (Å²) in [6, 6.07) is 0. The third kappa shape index (κ3) is 2.34. The number of oxime groups is 1. The minimum Gasteiger partial charge on any atom is -0.411 e. The SMILES string of the molecule is Cc1nccn1C/C(=N/O)C(C)(C)C. The van der Waals surface area contributed by atoms with Gasteiger partial charge in [-0.3, -0.25) is 0 Å². The molecular formula is C10H17N3O. The van der Waals surface area contributed by atoms with Gasteiger partial charge in [0.05, 0.1) is 12.3 Å². The van der Waals surface area contributed by atoms with Crippen LogP contribution in [0.4, 0.5) is 0 Å². The van der Waals surface area contributed by atoms with Crippen LogP contribution in [0.3, 0.4) is 0 Å². The first-order valence-electron chi connectivity index (χ1n) is 4.64. The molecule has 0 aromatic carbocycles. The van der Waals surface area contributed by atoms with E-state index in [1.807, 2.05) is 38.5 Å². The fraction of sp³-hybridized carbons (Fsp3) is 0.600. The lowest BCUT2D eigenvalue weighted by Crippen LogP contribution is -2.25. The van der Waals surface area contributed by atoms with Crippen LogP contribution in [0, 0.1) is 12.3 Å². The zero-order valence-corrected chi connectivity index (χ0v) is 9.15. The Bertz CT molecular complexity index is 333. The molecule has 4 nitrogen and oxygen atoms in total. The van der Waals surface area contributed by atoms with Crippen molar-refractivity contribution in [1.82, 2.24) is 9.55 Å². The molecule has 1 rings (SSSR count). The number of aryl methyl sites for hydroxylation is 1. The fourth-order valence-electron chi connectivity index (χ4n) is 1.15. The van der Waals surface area contributed by atoms with Gasteiger partial charge in [-0.25, -0.2) is 4.98 Å². The van der Waals surface area contributed by atoms with Crippen LogP contribution in [0.1, 0.15) is 26.6 Å². The second kappa shape index (κ2) is 3.82. The van der Waals surface area contributed by atoms with E-state index in [4.69, 9.17) is 5.21 Å². The summed E-state index contributed by atoms with van der Waals surface area (Å²) in [5.41, 5.74) is 0.629. The summed E-state index contributed by atoms with van der Waals surface area (Å²) in [4.78, 5) is 4.11. The molecule has 0 saturated heterocycles. The Morgan fingerprint density at radius 1 is 1.57 bits per heavy atom. The van der Waals surface area contributed by atoms with Crippen molar-refractivity contribution in [2.75, 3.05) is 0 Å². The van der Waals surface area contributed by atoms with E-state index in [9.17, 15) is 0 Å². The third-order valence-electron chi connectivity index (χ3n) is 2.23. The lowest BCUT2D eigenvalue weighted by Gasteiger charge is -2.20. The van der Waals surface area contributed by atoms with Crippen LogP contribution < -0.4 is 0 Å². The smallest absolute Gasteiger partial charge is 0.105 e. The summed E-state index contributed by atoms with van der Waals surface area (Å²) in [6.45, 7) is 8.58. The van der Waals surface area contributed by atoms with Gasteiger partial charge in [0.15, 0.2) is 0 Å². The van der Waals surface area contributed by atoms with E-state index in [2.05, 4.69) is 10.1 Å². The second-order valence-corrected chi connectivity index (χ2v) is 4.40. The molecule has 1 heterocycles. The molecule has 0 amide bonds. The summed E-state index contributed by atoms with van der Waals surface area (Å²) in [5, 5.41) is 12.2. The van der Waals surface area contributed by atoms with Crippen LogP contribution >= 0.6 is 0 Å². The van der Waals surface area contributed by atoms with E-state index < -0.39 is 0 Å². The first-order valence-corrected chi connectivity index (χ1v) is 4.64. The summed E-state index contributed by atoms with van der Waals surface area (Å²) >= 11 is 0. The Balaban J connectivity index is 2.83. The van der Waals surface area contributed by atoms with E-state index in [1.165, 1.54) is 0 Å². The van der Waals surface area contributed by atoms with Crippen LogP contribution in [0.2, 0.25) is 0 Å². The van der Waals surface area contributed by atoms with Gasteiger partial charge in [0.25, 0.3) is 0 Å². The van der Waals surface area contributed by atoms with Crippen molar-refractivity contribution in [3.63, 3.8) is 0 Å². The minimum absolute atomic E-state index is 0.120. The first kappa shape index (κ1) is 10.8. The van der Waals surface area contributed by atoms with Crippen molar-refractivity contribution in [1.29, 1.82) is 0 Å². The number of nitrogens with zero attached hydrogens (tertiary/aromatic N) is 3. The lowest BCUT2D eigenvalue weighted by atomic mass is 9.90. The van der Waals surface area contributed by atoms with E-state index >= 15 is 0 Å². The molecular weight excluding hydrogens is 178 g/mol. The van der Waals surface area contributed by atoms with Crippen LogP contribution in [-0.2, 0) is 6.54 Å². The highest BCUT2D eigenvalue weighted by atomic mass is 16.4. The van der Waals surface area contributed by atoms with Gasteiger partial charge in [0.1, 0.15) is 5.82 Å². The van der Waals surface area contributed by atoms with Crippen molar-refractivity contribution in [2.24, 2.45) is 10.6 Å². The Morgan fingerprint density at radius 3 is 2.57 bits per heavy atom. The molecule has 0 bridgehead atoms. The number of imidazole rings is 1. The summed E-state index contributed by atoms with van der Waals surface area (Å²) in [6.07, 6.45) is 3.62. The maximum atomic E-state index is 8.91. The van der Waals surface area contributed by atoms with E-state index in [-0.39, 0.29) is 5.41 Å². The summed E-state index contributed by atoms with van der Waals surface area (Å²) < 4.78 is 1.96. The van der Waals surface area contributed by atoms with Gasteiger partial charge in [-0.15, -0.1) is 0 Å². The van der Waals surface area contributed by atoms with Crippen molar-refractivity contribution < 1.29 is 5.21 Å². The molecule has 1 aromatic heterocycles. The zero-order valence-electron chi connectivity index (χ0n) is 9.15. The topological polar surface area (TPSA) is 50.4 Å². The number of rotatable bonds is 2. The third-order valence-corrected chi connectivity index (χ3v) is 2.23. The summed E-state index contributed by atoms with van der Waals surface area (Å²) in [7, 11) is 0. The van der Waals surface area contributed by atoms with E-state index in [0.717, 1.165) is 11.5 Å². The van der Waals surface area contributed by atoms with Crippen LogP contribution in [-0.4, -0.2) is 20.5 Å². The Hall–Kier alpha value is -1.32. The first-order chi connectivity index (χ1) is 6.45. The summed E-state index contributed by atoms with van der Waals surface area (Å²) in [5.74, 6) is 0.926. The van der Waals surface area contributed by atoms with Crippen molar-refractivity contribution in [2.45, 2.75) is 34.2 Å². The lowest BCUT2D eigenvalue weighted by molar-refractivity contribution is 0.307. The van der Waals surface area contributed by atoms with Crippen LogP contribution in [0.5, 0.6) is 0 Å². The van der Waals surface area contributed by atoms with E-state index in [0.29, 0.717) is 6.54 Å². The van der Waals surface area contributed by atoms with Gasteiger partial charge in [-0.2, -0.15) is 0 Å². The molecule has 1 N–H and O–H groups in total. The highest BCUT2D eigenvalue weighted by molar-refractivity contribution is 5.88. The molecule has 0 spiro atoms.